The maximum atomic E-state index is 12.4. The summed E-state index contributed by atoms with van der Waals surface area (Å²) in [7, 11) is 2.20. The second-order valence-electron chi connectivity index (χ2n) is 7.85. The summed E-state index contributed by atoms with van der Waals surface area (Å²) in [6.45, 7) is 12.1. The van der Waals surface area contributed by atoms with Crippen molar-refractivity contribution in [3.05, 3.63) is 0 Å². The first kappa shape index (κ1) is 18.7. The number of hydrogen-bond acceptors (Lipinski definition) is 3. The fourth-order valence-electron chi connectivity index (χ4n) is 4.06. The topological polar surface area (TPSA) is 26.8 Å². The zero-order valence-electron chi connectivity index (χ0n) is 15.8. The molecular weight excluding hydrogens is 286 g/mol. The van der Waals surface area contributed by atoms with Gasteiger partial charge >= 0.3 is 0 Å². The second kappa shape index (κ2) is 9.03. The van der Waals surface area contributed by atoms with Crippen LogP contribution in [0.3, 0.4) is 0 Å². The summed E-state index contributed by atoms with van der Waals surface area (Å²) in [5, 5.41) is 0. The Balaban J connectivity index is 1.64. The van der Waals surface area contributed by atoms with Crippen molar-refractivity contribution in [1.82, 2.24) is 14.7 Å². The minimum Gasteiger partial charge on any atom is -0.334 e. The standard InChI is InChI=1S/C19H37N3O/c1-5-20(4)12-8-6-7-9-13-21-14-17-10-11-18(15-21)22(17)19(23)16(2)3/h16-18H,5-15H2,1-4H3. The van der Waals surface area contributed by atoms with E-state index in [1.165, 1.54) is 51.6 Å². The molecule has 0 radical (unpaired) electrons. The van der Waals surface area contributed by atoms with E-state index in [-0.39, 0.29) is 5.92 Å². The third-order valence-electron chi connectivity index (χ3n) is 5.61. The van der Waals surface area contributed by atoms with Gasteiger partial charge in [-0.05, 0) is 52.4 Å². The van der Waals surface area contributed by atoms with Crippen LogP contribution in [0, 0.1) is 5.92 Å². The van der Waals surface area contributed by atoms with Crippen LogP contribution in [0.5, 0.6) is 0 Å². The van der Waals surface area contributed by atoms with Crippen molar-refractivity contribution in [2.45, 2.75) is 71.4 Å². The van der Waals surface area contributed by atoms with E-state index in [9.17, 15) is 4.79 Å². The molecule has 0 saturated carbocycles. The minimum absolute atomic E-state index is 0.144. The molecular formula is C19H37N3O. The molecule has 134 valence electrons. The molecule has 0 aromatic heterocycles. The Kier molecular flexibility index (Phi) is 7.35. The lowest BCUT2D eigenvalue weighted by atomic mass is 10.1. The highest BCUT2D eigenvalue weighted by atomic mass is 16.2. The van der Waals surface area contributed by atoms with E-state index in [2.05, 4.69) is 28.7 Å². The smallest absolute Gasteiger partial charge is 0.225 e. The van der Waals surface area contributed by atoms with Crippen LogP contribution in [-0.4, -0.2) is 72.5 Å². The molecule has 4 heteroatoms. The molecule has 2 aliphatic rings. The average Bonchev–Trinajstić information content (AvgIpc) is 2.79. The van der Waals surface area contributed by atoms with Crippen LogP contribution in [-0.2, 0) is 4.79 Å². The number of rotatable bonds is 9. The lowest BCUT2D eigenvalue weighted by Gasteiger charge is -2.42. The van der Waals surface area contributed by atoms with Crippen LogP contribution in [0.25, 0.3) is 0 Å². The molecule has 4 nitrogen and oxygen atoms in total. The van der Waals surface area contributed by atoms with Gasteiger partial charge < -0.3 is 9.80 Å². The number of likely N-dealkylation sites (tertiary alicyclic amines) is 1. The summed E-state index contributed by atoms with van der Waals surface area (Å²) in [5.74, 6) is 0.517. The Morgan fingerprint density at radius 1 is 1.09 bits per heavy atom. The Morgan fingerprint density at radius 2 is 1.70 bits per heavy atom. The summed E-state index contributed by atoms with van der Waals surface area (Å²) in [4.78, 5) is 19.6. The number of carbonyl (C=O) groups is 1. The van der Waals surface area contributed by atoms with Crippen molar-refractivity contribution >= 4 is 5.91 Å². The van der Waals surface area contributed by atoms with Gasteiger partial charge in [-0.3, -0.25) is 9.69 Å². The first-order valence-electron chi connectivity index (χ1n) is 9.76. The largest absolute Gasteiger partial charge is 0.334 e. The quantitative estimate of drug-likeness (QED) is 0.611. The Bertz CT molecular complexity index is 358. The van der Waals surface area contributed by atoms with Gasteiger partial charge in [-0.25, -0.2) is 0 Å². The normalized spacial score (nSPS) is 24.9. The predicted octanol–water partition coefficient (Wildman–Crippen LogP) is 2.83. The molecule has 0 aromatic rings. The van der Waals surface area contributed by atoms with E-state index in [4.69, 9.17) is 0 Å². The van der Waals surface area contributed by atoms with Gasteiger partial charge in [0.15, 0.2) is 0 Å². The van der Waals surface area contributed by atoms with Gasteiger partial charge in [0.05, 0.1) is 0 Å². The van der Waals surface area contributed by atoms with Gasteiger partial charge in [0.25, 0.3) is 0 Å². The molecule has 2 bridgehead atoms. The summed E-state index contributed by atoms with van der Waals surface area (Å²) < 4.78 is 0. The SMILES string of the molecule is CCN(C)CCCCCCN1CC2CCC(C1)N2C(=O)C(C)C. The highest BCUT2D eigenvalue weighted by Gasteiger charge is 2.42. The number of fused-ring (bicyclic) bond motifs is 2. The lowest BCUT2D eigenvalue weighted by Crippen LogP contribution is -2.56. The molecule has 2 rings (SSSR count). The van der Waals surface area contributed by atoms with Crippen molar-refractivity contribution < 1.29 is 4.79 Å². The molecule has 0 spiro atoms. The first-order chi connectivity index (χ1) is 11.0. The summed E-state index contributed by atoms with van der Waals surface area (Å²) in [6, 6.07) is 0.976. The van der Waals surface area contributed by atoms with Gasteiger partial charge in [0.2, 0.25) is 5.91 Å². The Morgan fingerprint density at radius 3 is 2.26 bits per heavy atom. The molecule has 23 heavy (non-hydrogen) atoms. The number of hydrogen-bond donors (Lipinski definition) is 0. The molecule has 1 amide bonds. The highest BCUT2D eigenvalue weighted by molar-refractivity contribution is 5.79. The monoisotopic (exact) mass is 323 g/mol. The molecule has 2 atom stereocenters. The fraction of sp³-hybridized carbons (Fsp3) is 0.947. The number of carbonyl (C=O) groups excluding carboxylic acids is 1. The Hall–Kier alpha value is -0.610. The molecule has 2 fully saturated rings. The van der Waals surface area contributed by atoms with E-state index < -0.39 is 0 Å². The van der Waals surface area contributed by atoms with E-state index in [0.29, 0.717) is 18.0 Å². The van der Waals surface area contributed by atoms with Crippen LogP contribution >= 0.6 is 0 Å². The number of unbranched alkanes of at least 4 members (excludes halogenated alkanes) is 3. The number of amides is 1. The molecule has 0 aliphatic carbocycles. The van der Waals surface area contributed by atoms with Crippen molar-refractivity contribution in [3.63, 3.8) is 0 Å². The van der Waals surface area contributed by atoms with Crippen LogP contribution in [0.15, 0.2) is 0 Å². The summed E-state index contributed by atoms with van der Waals surface area (Å²) in [6.07, 6.45) is 7.76. The third kappa shape index (κ3) is 5.18. The van der Waals surface area contributed by atoms with Gasteiger partial charge in [-0.1, -0.05) is 33.6 Å². The molecule has 0 aromatic carbocycles. The zero-order chi connectivity index (χ0) is 16.8. The average molecular weight is 324 g/mol. The van der Waals surface area contributed by atoms with Crippen molar-refractivity contribution in [3.8, 4) is 0 Å². The first-order valence-corrected chi connectivity index (χ1v) is 9.76. The van der Waals surface area contributed by atoms with E-state index >= 15 is 0 Å². The third-order valence-corrected chi connectivity index (χ3v) is 5.61. The van der Waals surface area contributed by atoms with Gasteiger partial charge in [-0.2, -0.15) is 0 Å². The van der Waals surface area contributed by atoms with E-state index in [0.717, 1.165) is 19.6 Å². The summed E-state index contributed by atoms with van der Waals surface area (Å²) in [5.41, 5.74) is 0. The van der Waals surface area contributed by atoms with E-state index in [1.807, 2.05) is 13.8 Å². The molecule has 2 aliphatic heterocycles. The number of piperazine rings is 1. The van der Waals surface area contributed by atoms with Crippen LogP contribution in [0.4, 0.5) is 0 Å². The highest BCUT2D eigenvalue weighted by Crippen LogP contribution is 2.31. The lowest BCUT2D eigenvalue weighted by molar-refractivity contribution is -0.140. The fourth-order valence-corrected chi connectivity index (χ4v) is 4.06. The predicted molar refractivity (Wildman–Crippen MR) is 96.6 cm³/mol. The number of nitrogens with zero attached hydrogens (tertiary/aromatic N) is 3. The van der Waals surface area contributed by atoms with Crippen LogP contribution < -0.4 is 0 Å². The van der Waals surface area contributed by atoms with Crippen molar-refractivity contribution in [2.75, 3.05) is 39.8 Å². The summed E-state index contributed by atoms with van der Waals surface area (Å²) >= 11 is 0. The van der Waals surface area contributed by atoms with Gasteiger partial charge in [-0.15, -0.1) is 0 Å². The van der Waals surface area contributed by atoms with Crippen molar-refractivity contribution in [2.24, 2.45) is 5.92 Å². The molecule has 2 unspecified atom stereocenters. The molecule has 2 saturated heterocycles. The maximum absolute atomic E-state index is 12.4. The molecule has 2 heterocycles. The van der Waals surface area contributed by atoms with E-state index in [1.54, 1.807) is 0 Å². The van der Waals surface area contributed by atoms with Gasteiger partial charge in [0.1, 0.15) is 0 Å². The minimum atomic E-state index is 0.144. The molecule has 0 N–H and O–H groups in total. The van der Waals surface area contributed by atoms with Crippen LogP contribution in [0.1, 0.15) is 59.3 Å². The zero-order valence-corrected chi connectivity index (χ0v) is 15.8. The Labute approximate surface area is 143 Å². The second-order valence-corrected chi connectivity index (χ2v) is 7.85. The van der Waals surface area contributed by atoms with Gasteiger partial charge in [0, 0.05) is 31.1 Å². The maximum Gasteiger partial charge on any atom is 0.225 e. The van der Waals surface area contributed by atoms with Crippen molar-refractivity contribution in [1.29, 1.82) is 0 Å². The van der Waals surface area contributed by atoms with Crippen LogP contribution in [0.2, 0.25) is 0 Å².